The minimum absolute atomic E-state index is 0.273. The molecule has 2 fully saturated rings. The molecule has 0 unspecified atom stereocenters. The number of hydrogen-bond acceptors (Lipinski definition) is 6. The Labute approximate surface area is 220 Å². The van der Waals surface area contributed by atoms with Crippen LogP contribution in [-0.4, -0.2) is 52.9 Å². The molecule has 1 aromatic heterocycles. The molecule has 7 heteroatoms. The van der Waals surface area contributed by atoms with Gasteiger partial charge in [-0.25, -0.2) is 0 Å². The lowest BCUT2D eigenvalue weighted by molar-refractivity contribution is -0.152. The SMILES string of the molecule is COc1cncc2c1[C@]1(O)[C@H](O)[C@H](CN3CCCCC3)[C@@H](c3ccccc3)[C@]1(c1ccc(Br)cc1)O2. The van der Waals surface area contributed by atoms with Crippen molar-refractivity contribution in [3.05, 3.63) is 88.2 Å². The van der Waals surface area contributed by atoms with E-state index < -0.39 is 17.3 Å². The first-order valence-corrected chi connectivity index (χ1v) is 13.4. The van der Waals surface area contributed by atoms with E-state index in [-0.39, 0.29) is 11.8 Å². The molecule has 1 saturated carbocycles. The molecular weight excluding hydrogens is 520 g/mol. The molecule has 1 saturated heterocycles. The van der Waals surface area contributed by atoms with Crippen LogP contribution in [0.4, 0.5) is 0 Å². The Morgan fingerprint density at radius 3 is 2.47 bits per heavy atom. The van der Waals surface area contributed by atoms with Gasteiger partial charge in [-0.2, -0.15) is 0 Å². The summed E-state index contributed by atoms with van der Waals surface area (Å²) in [6.45, 7) is 2.67. The van der Waals surface area contributed by atoms with E-state index in [0.29, 0.717) is 23.6 Å². The molecule has 3 aromatic rings. The number of halogens is 1. The second kappa shape index (κ2) is 9.14. The molecule has 2 N–H and O–H groups in total. The Balaban J connectivity index is 1.61. The summed E-state index contributed by atoms with van der Waals surface area (Å²) in [5, 5.41) is 25.0. The van der Waals surface area contributed by atoms with Crippen molar-refractivity contribution in [3.63, 3.8) is 0 Å². The number of aromatic nitrogens is 1. The average molecular weight is 551 g/mol. The van der Waals surface area contributed by atoms with Crippen molar-refractivity contribution in [1.29, 1.82) is 0 Å². The van der Waals surface area contributed by atoms with Crippen molar-refractivity contribution >= 4 is 15.9 Å². The van der Waals surface area contributed by atoms with Gasteiger partial charge in [-0.05, 0) is 49.2 Å². The summed E-state index contributed by atoms with van der Waals surface area (Å²) in [4.78, 5) is 6.73. The van der Waals surface area contributed by atoms with E-state index in [2.05, 4.69) is 37.9 Å². The van der Waals surface area contributed by atoms with Crippen molar-refractivity contribution in [3.8, 4) is 11.5 Å². The summed E-state index contributed by atoms with van der Waals surface area (Å²) in [5.74, 6) is 0.263. The molecule has 36 heavy (non-hydrogen) atoms. The maximum atomic E-state index is 12.9. The van der Waals surface area contributed by atoms with Crippen LogP contribution in [0.3, 0.4) is 0 Å². The first-order valence-electron chi connectivity index (χ1n) is 12.7. The van der Waals surface area contributed by atoms with E-state index in [1.165, 1.54) is 6.42 Å². The molecule has 5 atom stereocenters. The Morgan fingerprint density at radius 1 is 1.06 bits per heavy atom. The van der Waals surface area contributed by atoms with Crippen LogP contribution in [0.25, 0.3) is 0 Å². The Kier molecular flexibility index (Phi) is 6.07. The average Bonchev–Trinajstić information content (AvgIpc) is 3.28. The molecule has 6 nitrogen and oxygen atoms in total. The van der Waals surface area contributed by atoms with Crippen LogP contribution in [0.15, 0.2) is 71.5 Å². The number of ether oxygens (including phenoxy) is 2. The summed E-state index contributed by atoms with van der Waals surface area (Å²) >= 11 is 3.55. The number of methoxy groups -OCH3 is 1. The zero-order valence-electron chi connectivity index (χ0n) is 20.3. The van der Waals surface area contributed by atoms with Crippen LogP contribution in [-0.2, 0) is 11.2 Å². The highest BCUT2D eigenvalue weighted by Crippen LogP contribution is 2.69. The van der Waals surface area contributed by atoms with Gasteiger partial charge in [0.1, 0.15) is 11.5 Å². The smallest absolute Gasteiger partial charge is 0.177 e. The number of aliphatic hydroxyl groups excluding tert-OH is 1. The Hall–Kier alpha value is -2.45. The van der Waals surface area contributed by atoms with E-state index in [1.54, 1.807) is 19.5 Å². The number of likely N-dealkylation sites (tertiary alicyclic amines) is 1. The summed E-state index contributed by atoms with van der Waals surface area (Å²) in [6, 6.07) is 18.0. The lowest BCUT2D eigenvalue weighted by Gasteiger charge is -2.41. The van der Waals surface area contributed by atoms with Gasteiger partial charge in [0.25, 0.3) is 0 Å². The van der Waals surface area contributed by atoms with Crippen molar-refractivity contribution in [1.82, 2.24) is 9.88 Å². The van der Waals surface area contributed by atoms with Crippen molar-refractivity contribution in [2.75, 3.05) is 26.7 Å². The number of fused-ring (bicyclic) bond motifs is 3. The van der Waals surface area contributed by atoms with E-state index in [1.807, 2.05) is 42.5 Å². The number of hydrogen-bond donors (Lipinski definition) is 2. The number of nitrogens with zero attached hydrogens (tertiary/aromatic N) is 2. The third kappa shape index (κ3) is 3.36. The van der Waals surface area contributed by atoms with Gasteiger partial charge in [-0.3, -0.25) is 4.98 Å². The number of piperidine rings is 1. The number of rotatable bonds is 5. The van der Waals surface area contributed by atoms with Crippen molar-refractivity contribution in [2.24, 2.45) is 5.92 Å². The third-order valence-corrected chi connectivity index (χ3v) is 8.89. The lowest BCUT2D eigenvalue weighted by Crippen LogP contribution is -2.52. The molecule has 2 aliphatic heterocycles. The second-order valence-corrected chi connectivity index (χ2v) is 11.1. The van der Waals surface area contributed by atoms with E-state index in [4.69, 9.17) is 9.47 Å². The van der Waals surface area contributed by atoms with Crippen LogP contribution in [0.1, 0.15) is 41.9 Å². The molecular formula is C29H31BrN2O4. The van der Waals surface area contributed by atoms with Gasteiger partial charge in [0.15, 0.2) is 11.2 Å². The predicted octanol–water partition coefficient (Wildman–Crippen LogP) is 4.59. The summed E-state index contributed by atoms with van der Waals surface area (Å²) in [5.41, 5.74) is -0.714. The highest BCUT2D eigenvalue weighted by molar-refractivity contribution is 9.10. The topological polar surface area (TPSA) is 75.0 Å². The minimum Gasteiger partial charge on any atom is -0.495 e. The maximum absolute atomic E-state index is 12.9. The number of pyridine rings is 1. The van der Waals surface area contributed by atoms with Crippen LogP contribution < -0.4 is 9.47 Å². The largest absolute Gasteiger partial charge is 0.495 e. The predicted molar refractivity (Wildman–Crippen MR) is 140 cm³/mol. The van der Waals surface area contributed by atoms with Gasteiger partial charge in [0.2, 0.25) is 0 Å². The third-order valence-electron chi connectivity index (χ3n) is 8.36. The van der Waals surface area contributed by atoms with E-state index >= 15 is 0 Å². The molecule has 0 spiro atoms. The van der Waals surface area contributed by atoms with Crippen molar-refractivity contribution < 1.29 is 19.7 Å². The standard InChI is InChI=1S/C29H31BrN2O4/c1-35-23-16-31-17-24-26(23)28(34)27(33)22(18-32-14-6-3-7-15-32)25(19-8-4-2-5-9-19)29(28,36-24)20-10-12-21(30)13-11-20/h2,4-5,8-13,16-17,22,25,27,33-34H,3,6-7,14-15,18H2,1H3/t22-,25-,27-,28+,29+/m1/s1. The molecule has 0 radical (unpaired) electrons. The highest BCUT2D eigenvalue weighted by atomic mass is 79.9. The second-order valence-electron chi connectivity index (χ2n) is 10.2. The number of benzene rings is 2. The monoisotopic (exact) mass is 550 g/mol. The molecule has 0 bridgehead atoms. The first-order chi connectivity index (χ1) is 17.5. The molecule has 188 valence electrons. The lowest BCUT2D eigenvalue weighted by atomic mass is 9.70. The zero-order chi connectivity index (χ0) is 24.9. The fourth-order valence-electron chi connectivity index (χ4n) is 6.87. The van der Waals surface area contributed by atoms with Gasteiger partial charge in [0.05, 0.1) is 31.2 Å². The van der Waals surface area contributed by atoms with Crippen LogP contribution in [0.2, 0.25) is 0 Å². The Morgan fingerprint density at radius 2 is 1.78 bits per heavy atom. The van der Waals surface area contributed by atoms with Gasteiger partial charge >= 0.3 is 0 Å². The fourth-order valence-corrected chi connectivity index (χ4v) is 7.14. The zero-order valence-corrected chi connectivity index (χ0v) is 21.9. The van der Waals surface area contributed by atoms with Crippen LogP contribution in [0, 0.1) is 5.92 Å². The molecule has 6 rings (SSSR count). The van der Waals surface area contributed by atoms with Crippen LogP contribution in [0.5, 0.6) is 11.5 Å². The number of aliphatic hydroxyl groups is 2. The fraction of sp³-hybridized carbons (Fsp3) is 0.414. The quantitative estimate of drug-likeness (QED) is 0.484. The normalized spacial score (nSPS) is 31.5. The van der Waals surface area contributed by atoms with Gasteiger partial charge in [-0.1, -0.05) is 64.8 Å². The van der Waals surface area contributed by atoms with Crippen LogP contribution >= 0.6 is 15.9 Å². The molecule has 3 aliphatic rings. The van der Waals surface area contributed by atoms with Gasteiger partial charge in [-0.15, -0.1) is 0 Å². The van der Waals surface area contributed by atoms with Gasteiger partial charge in [0, 0.05) is 22.9 Å². The van der Waals surface area contributed by atoms with Crippen molar-refractivity contribution in [2.45, 2.75) is 42.5 Å². The first kappa shape index (κ1) is 23.9. The maximum Gasteiger partial charge on any atom is 0.177 e. The molecule has 1 aliphatic carbocycles. The van der Waals surface area contributed by atoms with Gasteiger partial charge < -0.3 is 24.6 Å². The molecule has 3 heterocycles. The van der Waals surface area contributed by atoms with E-state index in [9.17, 15) is 10.2 Å². The molecule has 0 amide bonds. The summed E-state index contributed by atoms with van der Waals surface area (Å²) in [7, 11) is 1.56. The highest BCUT2D eigenvalue weighted by Gasteiger charge is 2.76. The summed E-state index contributed by atoms with van der Waals surface area (Å²) < 4.78 is 13.5. The minimum atomic E-state index is -1.74. The summed E-state index contributed by atoms with van der Waals surface area (Å²) in [6.07, 6.45) is 5.65. The Bertz CT molecular complexity index is 1230. The molecule has 2 aromatic carbocycles. The van der Waals surface area contributed by atoms with E-state index in [0.717, 1.165) is 41.5 Å².